The molecule has 0 radical (unpaired) electrons. The van der Waals surface area contributed by atoms with Gasteiger partial charge in [-0.1, -0.05) is 12.1 Å². The Morgan fingerprint density at radius 2 is 1.95 bits per heavy atom. The lowest BCUT2D eigenvalue weighted by atomic mass is 9.96. The molecule has 6 rings (SSSR count). The number of nitrogens with one attached hydrogen (secondary N) is 2. The van der Waals surface area contributed by atoms with Gasteiger partial charge in [-0.3, -0.25) is 0 Å². The van der Waals surface area contributed by atoms with Gasteiger partial charge < -0.3 is 30.6 Å². The van der Waals surface area contributed by atoms with Crippen LogP contribution in [0, 0.1) is 28.9 Å². The number of anilines is 1. The smallest absolute Gasteiger partial charge is 0.320 e. The highest BCUT2D eigenvalue weighted by molar-refractivity contribution is 7.23. The molecule has 0 spiro atoms. The number of methoxy groups -OCH3 is 1. The highest BCUT2D eigenvalue weighted by Gasteiger charge is 2.31. The Labute approximate surface area is 256 Å². The quantitative estimate of drug-likeness (QED) is 0.245. The summed E-state index contributed by atoms with van der Waals surface area (Å²) in [7, 11) is 1.61. The maximum absolute atomic E-state index is 16.5. The van der Waals surface area contributed by atoms with Crippen LogP contribution < -0.4 is 25.8 Å². The second kappa shape index (κ2) is 13.1. The molecule has 13 heteroatoms. The Morgan fingerprint density at radius 3 is 2.77 bits per heavy atom. The number of halogens is 3. The first-order valence-corrected chi connectivity index (χ1v) is 15.5. The normalized spacial score (nSPS) is 22.5. The summed E-state index contributed by atoms with van der Waals surface area (Å²) in [5, 5.41) is 16.9. The van der Waals surface area contributed by atoms with Gasteiger partial charge in [0.05, 0.1) is 34.9 Å². The molecule has 2 aliphatic heterocycles. The summed E-state index contributed by atoms with van der Waals surface area (Å²) >= 11 is 0.943. The predicted molar refractivity (Wildman–Crippen MR) is 163 cm³/mol. The van der Waals surface area contributed by atoms with Crippen LogP contribution in [0.15, 0.2) is 24.3 Å². The molecule has 232 valence electrons. The minimum absolute atomic E-state index is 0.0545. The van der Waals surface area contributed by atoms with E-state index in [1.807, 2.05) is 6.07 Å². The maximum atomic E-state index is 16.5. The largest absolute Gasteiger partial charge is 0.472 e. The Kier molecular flexibility index (Phi) is 9.04. The highest BCUT2D eigenvalue weighted by Crippen LogP contribution is 2.43. The standard InChI is InChI=1S/C31H33F3N6O3S/c1-41-15-23-24(8-10-38-23)43-30-20-5-4-19(18-6-7-22(33)28-25(18)21(12-35)29(36)44-28)26(34)27(20)39-31(40-30)42-14-16-3-2-9-37-13-17(32)11-16/h4-7,16-17,23-24,37-38H,2-3,8-11,13-15,36H2,1H3/t16-,17-,23-,24-/m1/s1. The average molecular weight is 627 g/mol. The molecule has 2 saturated heterocycles. The molecular weight excluding hydrogens is 593 g/mol. The number of hydrogen-bond acceptors (Lipinski definition) is 10. The summed E-state index contributed by atoms with van der Waals surface area (Å²) in [4.78, 5) is 8.98. The van der Waals surface area contributed by atoms with Crippen LogP contribution in [0.4, 0.5) is 18.2 Å². The van der Waals surface area contributed by atoms with Crippen molar-refractivity contribution < 1.29 is 27.4 Å². The van der Waals surface area contributed by atoms with Gasteiger partial charge in [0.15, 0.2) is 5.82 Å². The Morgan fingerprint density at radius 1 is 1.11 bits per heavy atom. The van der Waals surface area contributed by atoms with Gasteiger partial charge in [-0.05, 0) is 62.4 Å². The number of nitriles is 1. The summed E-state index contributed by atoms with van der Waals surface area (Å²) < 4.78 is 63.5. The minimum Gasteiger partial charge on any atom is -0.472 e. The highest BCUT2D eigenvalue weighted by atomic mass is 32.1. The number of nitrogen functional groups attached to an aromatic ring is 1. The summed E-state index contributed by atoms with van der Waals surface area (Å²) in [6.45, 7) is 2.33. The van der Waals surface area contributed by atoms with E-state index in [0.29, 0.717) is 36.9 Å². The van der Waals surface area contributed by atoms with E-state index in [0.717, 1.165) is 37.3 Å². The molecule has 2 aromatic carbocycles. The fourth-order valence-electron chi connectivity index (χ4n) is 6.06. The minimum atomic E-state index is -0.995. The molecule has 4 N–H and O–H groups in total. The molecule has 0 saturated carbocycles. The number of aromatic nitrogens is 2. The van der Waals surface area contributed by atoms with E-state index in [1.54, 1.807) is 19.2 Å². The van der Waals surface area contributed by atoms with Gasteiger partial charge in [0.25, 0.3) is 0 Å². The van der Waals surface area contributed by atoms with Crippen LogP contribution in [0.25, 0.3) is 32.1 Å². The van der Waals surface area contributed by atoms with Crippen LogP contribution in [-0.4, -0.2) is 68.2 Å². The summed E-state index contributed by atoms with van der Waals surface area (Å²) in [6, 6.07) is 7.70. The van der Waals surface area contributed by atoms with E-state index in [9.17, 15) is 14.0 Å². The van der Waals surface area contributed by atoms with Gasteiger partial charge in [-0.2, -0.15) is 15.2 Å². The molecule has 4 heterocycles. The van der Waals surface area contributed by atoms with Crippen LogP contribution in [0.5, 0.6) is 11.9 Å². The van der Waals surface area contributed by atoms with Gasteiger partial charge in [0, 0.05) is 24.6 Å². The number of thiophene rings is 1. The number of nitrogens with two attached hydrogens (primary N) is 1. The van der Waals surface area contributed by atoms with Crippen LogP contribution >= 0.6 is 11.3 Å². The van der Waals surface area contributed by atoms with Gasteiger partial charge >= 0.3 is 6.01 Å². The molecule has 2 aliphatic rings. The van der Waals surface area contributed by atoms with Crippen LogP contribution in [0.1, 0.15) is 31.2 Å². The summed E-state index contributed by atoms with van der Waals surface area (Å²) in [6.07, 6.45) is 1.38. The molecule has 0 aliphatic carbocycles. The number of alkyl halides is 1. The number of ether oxygens (including phenoxy) is 3. The average Bonchev–Trinajstić information content (AvgIpc) is 3.58. The van der Waals surface area contributed by atoms with Crippen LogP contribution in [0.3, 0.4) is 0 Å². The molecule has 4 aromatic rings. The monoisotopic (exact) mass is 626 g/mol. The molecule has 9 nitrogen and oxygen atoms in total. The third-order valence-corrected chi connectivity index (χ3v) is 9.26. The second-order valence-electron chi connectivity index (χ2n) is 11.2. The van der Waals surface area contributed by atoms with Crippen molar-refractivity contribution in [3.8, 4) is 29.1 Å². The molecule has 0 unspecified atom stereocenters. The summed E-state index contributed by atoms with van der Waals surface area (Å²) in [5.74, 6) is -1.16. The first kappa shape index (κ1) is 30.3. The van der Waals surface area contributed by atoms with Crippen molar-refractivity contribution in [1.82, 2.24) is 20.6 Å². The van der Waals surface area contributed by atoms with Crippen molar-refractivity contribution in [2.45, 2.75) is 44.0 Å². The lowest BCUT2D eigenvalue weighted by Crippen LogP contribution is -2.38. The molecule has 0 amide bonds. The van der Waals surface area contributed by atoms with E-state index in [2.05, 4.69) is 20.6 Å². The zero-order chi connectivity index (χ0) is 30.8. The Hall–Kier alpha value is -3.70. The van der Waals surface area contributed by atoms with E-state index in [-0.39, 0.29) is 68.3 Å². The number of rotatable bonds is 8. The van der Waals surface area contributed by atoms with E-state index in [1.165, 1.54) is 12.1 Å². The third kappa shape index (κ3) is 5.99. The topological polar surface area (TPSA) is 127 Å². The molecule has 0 bridgehead atoms. The van der Waals surface area contributed by atoms with Gasteiger partial charge in [0.1, 0.15) is 34.7 Å². The first-order chi connectivity index (χ1) is 21.4. The van der Waals surface area contributed by atoms with Crippen molar-refractivity contribution >= 4 is 37.3 Å². The van der Waals surface area contributed by atoms with Crippen molar-refractivity contribution in [2.75, 3.05) is 45.7 Å². The van der Waals surface area contributed by atoms with Crippen molar-refractivity contribution in [3.63, 3.8) is 0 Å². The lowest BCUT2D eigenvalue weighted by molar-refractivity contribution is 0.107. The summed E-state index contributed by atoms with van der Waals surface area (Å²) in [5.41, 5.74) is 6.48. The van der Waals surface area contributed by atoms with Crippen LogP contribution in [-0.2, 0) is 4.74 Å². The van der Waals surface area contributed by atoms with Gasteiger partial charge in [0.2, 0.25) is 5.88 Å². The molecule has 2 aromatic heterocycles. The van der Waals surface area contributed by atoms with Crippen molar-refractivity contribution in [2.24, 2.45) is 5.92 Å². The number of benzene rings is 2. The maximum Gasteiger partial charge on any atom is 0.320 e. The molecule has 2 fully saturated rings. The Bertz CT molecular complexity index is 1710. The zero-order valence-electron chi connectivity index (χ0n) is 24.2. The Balaban J connectivity index is 1.43. The first-order valence-electron chi connectivity index (χ1n) is 14.7. The number of fused-ring (bicyclic) bond motifs is 2. The van der Waals surface area contributed by atoms with Crippen molar-refractivity contribution in [1.29, 1.82) is 5.26 Å². The SMILES string of the molecule is COC[C@H]1NCC[C@H]1Oc1nc(OC[C@@H]2CCCNC[C@H](F)C2)nc2c(F)c(-c3ccc(F)c4sc(N)c(C#N)c34)ccc12. The predicted octanol–water partition coefficient (Wildman–Crippen LogP) is 5.11. The van der Waals surface area contributed by atoms with E-state index < -0.39 is 17.8 Å². The van der Waals surface area contributed by atoms with E-state index in [4.69, 9.17) is 19.9 Å². The van der Waals surface area contributed by atoms with E-state index >= 15 is 4.39 Å². The fourth-order valence-corrected chi connectivity index (χ4v) is 7.01. The van der Waals surface area contributed by atoms with Gasteiger partial charge in [-0.25, -0.2) is 13.2 Å². The molecule has 44 heavy (non-hydrogen) atoms. The fraction of sp³-hybridized carbons (Fsp3) is 0.452. The molecule has 4 atom stereocenters. The van der Waals surface area contributed by atoms with Crippen molar-refractivity contribution in [3.05, 3.63) is 41.5 Å². The zero-order valence-corrected chi connectivity index (χ0v) is 25.0. The molecular formula is C31H33F3N6O3S. The lowest BCUT2D eigenvalue weighted by Gasteiger charge is -2.23. The second-order valence-corrected chi connectivity index (χ2v) is 12.3. The van der Waals surface area contributed by atoms with Gasteiger partial charge in [-0.15, -0.1) is 11.3 Å². The number of hydrogen-bond donors (Lipinski definition) is 3. The number of nitrogens with zero attached hydrogens (tertiary/aromatic N) is 3. The third-order valence-electron chi connectivity index (χ3n) is 8.23. The van der Waals surface area contributed by atoms with Crippen LogP contribution in [0.2, 0.25) is 0 Å².